The first-order valence-corrected chi connectivity index (χ1v) is 8.68. The van der Waals surface area contributed by atoms with Gasteiger partial charge in [0, 0.05) is 10.9 Å². The first-order valence-electron chi connectivity index (χ1n) is 7.80. The second-order valence-electron chi connectivity index (χ2n) is 5.40. The van der Waals surface area contributed by atoms with E-state index in [-0.39, 0.29) is 24.2 Å². The summed E-state index contributed by atoms with van der Waals surface area (Å²) in [4.78, 5) is 16.5. The fourth-order valence-electron chi connectivity index (χ4n) is 2.05. The highest BCUT2D eigenvalue weighted by molar-refractivity contribution is 7.14. The number of ether oxygens (including phenoxy) is 1. The molecule has 0 aliphatic heterocycles. The van der Waals surface area contributed by atoms with Gasteiger partial charge in [-0.2, -0.15) is 0 Å². The van der Waals surface area contributed by atoms with Crippen molar-refractivity contribution in [3.8, 4) is 17.0 Å². The van der Waals surface area contributed by atoms with E-state index in [1.165, 1.54) is 11.3 Å². The van der Waals surface area contributed by atoms with E-state index in [9.17, 15) is 4.79 Å². The Kier molecular flexibility index (Phi) is 8.18. The lowest BCUT2D eigenvalue weighted by Gasteiger charge is -2.16. The summed E-state index contributed by atoms with van der Waals surface area (Å²) in [5.41, 5.74) is 7.74. The Morgan fingerprint density at radius 2 is 2.00 bits per heavy atom. The normalized spacial score (nSPS) is 12.8. The monoisotopic (exact) mass is 369 g/mol. The van der Waals surface area contributed by atoms with Crippen LogP contribution in [0.25, 0.3) is 11.3 Å². The van der Waals surface area contributed by atoms with Crippen LogP contribution in [0.5, 0.6) is 5.75 Å². The van der Waals surface area contributed by atoms with E-state index >= 15 is 0 Å². The highest BCUT2D eigenvalue weighted by Crippen LogP contribution is 2.26. The van der Waals surface area contributed by atoms with Crippen molar-refractivity contribution in [3.63, 3.8) is 0 Å². The quantitative estimate of drug-likeness (QED) is 0.774. The number of nitrogens with one attached hydrogen (secondary N) is 1. The number of carbonyl (C=O) groups excluding carboxylic acids is 1. The number of nitrogens with two attached hydrogens (primary N) is 1. The van der Waals surface area contributed by atoms with Gasteiger partial charge in [-0.05, 0) is 37.1 Å². The van der Waals surface area contributed by atoms with Crippen LogP contribution in [0.3, 0.4) is 0 Å². The number of aromatic nitrogens is 1. The predicted molar refractivity (Wildman–Crippen MR) is 102 cm³/mol. The zero-order chi connectivity index (χ0) is 16.8. The van der Waals surface area contributed by atoms with Gasteiger partial charge >= 0.3 is 0 Å². The third-order valence-corrected chi connectivity index (χ3v) is 4.51. The number of hydrogen-bond donors (Lipinski definition) is 2. The van der Waals surface area contributed by atoms with Gasteiger partial charge in [0.1, 0.15) is 5.75 Å². The maximum Gasteiger partial charge on any atom is 0.243 e. The Morgan fingerprint density at radius 1 is 1.33 bits per heavy atom. The zero-order valence-corrected chi connectivity index (χ0v) is 15.7. The predicted octanol–water partition coefficient (Wildman–Crippen LogP) is 3.94. The average Bonchev–Trinajstić information content (AvgIpc) is 3.02. The smallest absolute Gasteiger partial charge is 0.243 e. The van der Waals surface area contributed by atoms with Crippen molar-refractivity contribution >= 4 is 34.8 Å². The Morgan fingerprint density at radius 3 is 2.58 bits per heavy atom. The highest BCUT2D eigenvalue weighted by atomic mass is 35.5. The minimum Gasteiger partial charge on any atom is -0.494 e. The summed E-state index contributed by atoms with van der Waals surface area (Å²) in [7, 11) is 0. The molecular weight excluding hydrogens is 346 g/mol. The molecule has 1 aromatic carbocycles. The second kappa shape index (κ2) is 9.61. The zero-order valence-electron chi connectivity index (χ0n) is 14.1. The van der Waals surface area contributed by atoms with Crippen molar-refractivity contribution in [1.82, 2.24) is 4.98 Å². The summed E-state index contributed by atoms with van der Waals surface area (Å²) in [6, 6.07) is 7.22. The summed E-state index contributed by atoms with van der Waals surface area (Å²) in [6.45, 7) is 6.58. The Labute approximate surface area is 153 Å². The van der Waals surface area contributed by atoms with Crippen LogP contribution in [-0.2, 0) is 4.79 Å². The van der Waals surface area contributed by atoms with Crippen molar-refractivity contribution in [2.75, 3.05) is 11.9 Å². The molecule has 132 valence electrons. The Hall–Kier alpha value is -1.63. The number of nitrogens with zero attached hydrogens (tertiary/aromatic N) is 1. The molecule has 2 rings (SSSR count). The van der Waals surface area contributed by atoms with Crippen LogP contribution in [0.15, 0.2) is 29.6 Å². The maximum atomic E-state index is 12.1. The van der Waals surface area contributed by atoms with Gasteiger partial charge in [-0.3, -0.25) is 4.79 Å². The standard InChI is InChI=1S/C17H23N3O2S.ClH/c1-4-11(3)15(18)16(21)20-17-19-14(10-23-17)12-6-8-13(9-7-12)22-5-2;/h6-11,15H,4-5,18H2,1-3H3,(H,19,20,21);1H. The van der Waals surface area contributed by atoms with E-state index in [4.69, 9.17) is 10.5 Å². The lowest BCUT2D eigenvalue weighted by molar-refractivity contribution is -0.118. The number of amides is 1. The third kappa shape index (κ3) is 5.19. The average molecular weight is 370 g/mol. The number of benzene rings is 1. The molecule has 0 saturated carbocycles. The topological polar surface area (TPSA) is 77.2 Å². The van der Waals surface area contributed by atoms with Gasteiger partial charge in [-0.1, -0.05) is 20.3 Å². The van der Waals surface area contributed by atoms with E-state index in [2.05, 4.69) is 10.3 Å². The minimum absolute atomic E-state index is 0. The van der Waals surface area contributed by atoms with Gasteiger partial charge in [0.05, 0.1) is 18.3 Å². The van der Waals surface area contributed by atoms with Gasteiger partial charge in [0.15, 0.2) is 5.13 Å². The lowest BCUT2D eigenvalue weighted by atomic mass is 10.00. The molecule has 2 unspecified atom stereocenters. The largest absolute Gasteiger partial charge is 0.494 e. The Bertz CT molecular complexity index is 646. The first kappa shape index (κ1) is 20.4. The molecule has 0 spiro atoms. The minimum atomic E-state index is -0.516. The van der Waals surface area contributed by atoms with Crippen molar-refractivity contribution in [2.24, 2.45) is 11.7 Å². The molecule has 24 heavy (non-hydrogen) atoms. The lowest BCUT2D eigenvalue weighted by Crippen LogP contribution is -2.40. The van der Waals surface area contributed by atoms with E-state index in [1.807, 2.05) is 50.4 Å². The van der Waals surface area contributed by atoms with Gasteiger partial charge in [-0.15, -0.1) is 23.7 Å². The first-order chi connectivity index (χ1) is 11.0. The number of anilines is 1. The van der Waals surface area contributed by atoms with E-state index in [0.29, 0.717) is 11.7 Å². The number of thiazole rings is 1. The summed E-state index contributed by atoms with van der Waals surface area (Å²) in [5, 5.41) is 5.28. The molecule has 1 amide bonds. The van der Waals surface area contributed by atoms with E-state index < -0.39 is 6.04 Å². The molecule has 0 fully saturated rings. The van der Waals surface area contributed by atoms with Crippen LogP contribution < -0.4 is 15.8 Å². The Balaban J connectivity index is 0.00000288. The number of carbonyl (C=O) groups is 1. The third-order valence-electron chi connectivity index (χ3n) is 3.76. The molecule has 3 N–H and O–H groups in total. The van der Waals surface area contributed by atoms with E-state index in [1.54, 1.807) is 0 Å². The summed E-state index contributed by atoms with van der Waals surface area (Å²) in [6.07, 6.45) is 0.865. The molecule has 5 nitrogen and oxygen atoms in total. The molecule has 0 bridgehead atoms. The fourth-order valence-corrected chi connectivity index (χ4v) is 2.78. The van der Waals surface area contributed by atoms with Crippen LogP contribution in [-0.4, -0.2) is 23.5 Å². The van der Waals surface area contributed by atoms with E-state index in [0.717, 1.165) is 23.4 Å². The van der Waals surface area contributed by atoms with Crippen molar-refractivity contribution in [3.05, 3.63) is 29.6 Å². The highest BCUT2D eigenvalue weighted by Gasteiger charge is 2.20. The summed E-state index contributed by atoms with van der Waals surface area (Å²) >= 11 is 1.39. The molecule has 0 saturated heterocycles. The van der Waals surface area contributed by atoms with Gasteiger partial charge in [0.2, 0.25) is 5.91 Å². The molecule has 0 aliphatic rings. The van der Waals surface area contributed by atoms with Crippen molar-refractivity contribution < 1.29 is 9.53 Å². The molecular formula is C17H24ClN3O2S. The molecule has 0 radical (unpaired) electrons. The second-order valence-corrected chi connectivity index (χ2v) is 6.25. The van der Waals surface area contributed by atoms with Crippen LogP contribution >= 0.6 is 23.7 Å². The maximum absolute atomic E-state index is 12.1. The molecule has 7 heteroatoms. The fraction of sp³-hybridized carbons (Fsp3) is 0.412. The van der Waals surface area contributed by atoms with Gasteiger partial charge < -0.3 is 15.8 Å². The number of halogens is 1. The van der Waals surface area contributed by atoms with Crippen LogP contribution in [0.1, 0.15) is 27.2 Å². The van der Waals surface area contributed by atoms with Crippen molar-refractivity contribution in [2.45, 2.75) is 33.2 Å². The molecule has 0 aliphatic carbocycles. The SMILES string of the molecule is CCOc1ccc(-c2csc(NC(=O)C(N)C(C)CC)n2)cc1.Cl. The number of rotatable bonds is 7. The van der Waals surface area contributed by atoms with Crippen LogP contribution in [0, 0.1) is 5.92 Å². The molecule has 2 atom stereocenters. The molecule has 1 aromatic heterocycles. The van der Waals surface area contributed by atoms with Gasteiger partial charge in [-0.25, -0.2) is 4.98 Å². The summed E-state index contributed by atoms with van der Waals surface area (Å²) in [5.74, 6) is 0.784. The van der Waals surface area contributed by atoms with Crippen LogP contribution in [0.2, 0.25) is 0 Å². The summed E-state index contributed by atoms with van der Waals surface area (Å²) < 4.78 is 5.43. The van der Waals surface area contributed by atoms with Gasteiger partial charge in [0.25, 0.3) is 0 Å². The van der Waals surface area contributed by atoms with Crippen LogP contribution in [0.4, 0.5) is 5.13 Å². The molecule has 2 aromatic rings. The number of hydrogen-bond acceptors (Lipinski definition) is 5. The van der Waals surface area contributed by atoms with Crippen molar-refractivity contribution in [1.29, 1.82) is 0 Å². The molecule has 1 heterocycles.